The second-order valence-corrected chi connectivity index (χ2v) is 6.33. The fourth-order valence-electron chi connectivity index (χ4n) is 1.37. The first kappa shape index (κ1) is 15.9. The number of carbonyl (C=O) groups is 1. The Morgan fingerprint density at radius 2 is 2.11 bits per heavy atom. The van der Waals surface area contributed by atoms with Crippen molar-refractivity contribution in [1.82, 2.24) is 5.32 Å². The molecule has 0 spiro atoms. The highest BCUT2D eigenvalue weighted by Gasteiger charge is 2.22. The summed E-state index contributed by atoms with van der Waals surface area (Å²) >= 11 is 1.62. The van der Waals surface area contributed by atoms with Crippen LogP contribution in [0.2, 0.25) is 0 Å². The van der Waals surface area contributed by atoms with Crippen molar-refractivity contribution in [2.24, 2.45) is 5.41 Å². The average Bonchev–Trinajstić information content (AvgIpc) is 2.35. The molecule has 0 bridgehead atoms. The highest BCUT2D eigenvalue weighted by Crippen LogP contribution is 2.19. The van der Waals surface area contributed by atoms with Gasteiger partial charge in [-0.15, -0.1) is 11.8 Å². The van der Waals surface area contributed by atoms with Crippen molar-refractivity contribution >= 4 is 23.5 Å². The van der Waals surface area contributed by atoms with Crippen molar-refractivity contribution in [1.29, 1.82) is 0 Å². The number of nitrogens with one attached hydrogen (secondary N) is 2. The average molecular weight is 282 g/mol. The molecule has 0 heterocycles. The van der Waals surface area contributed by atoms with E-state index < -0.39 is 6.10 Å². The largest absolute Gasteiger partial charge is 0.391 e. The van der Waals surface area contributed by atoms with Gasteiger partial charge in [-0.2, -0.15) is 0 Å². The van der Waals surface area contributed by atoms with Crippen LogP contribution < -0.4 is 10.6 Å². The van der Waals surface area contributed by atoms with Gasteiger partial charge in [0.2, 0.25) is 0 Å². The van der Waals surface area contributed by atoms with Crippen LogP contribution in [0.25, 0.3) is 0 Å². The van der Waals surface area contributed by atoms with Gasteiger partial charge in [-0.25, -0.2) is 4.79 Å². The summed E-state index contributed by atoms with van der Waals surface area (Å²) in [5.41, 5.74) is 0.501. The first-order valence-electron chi connectivity index (χ1n) is 6.20. The van der Waals surface area contributed by atoms with E-state index in [1.54, 1.807) is 11.8 Å². The molecular weight excluding hydrogens is 260 g/mol. The van der Waals surface area contributed by atoms with Gasteiger partial charge in [0, 0.05) is 17.1 Å². The molecule has 0 fully saturated rings. The number of urea groups is 1. The van der Waals surface area contributed by atoms with Crippen molar-refractivity contribution in [2.45, 2.75) is 31.8 Å². The van der Waals surface area contributed by atoms with Gasteiger partial charge in [0.15, 0.2) is 0 Å². The van der Waals surface area contributed by atoms with Gasteiger partial charge in [0.1, 0.15) is 0 Å². The van der Waals surface area contributed by atoms with Crippen LogP contribution in [-0.2, 0) is 0 Å². The standard InChI is InChI=1S/C14H22N2O2S/c1-14(2,3)12(17)9-15-13(18)16-10-6-5-7-11(8-10)19-4/h5-8,12,17H,9H2,1-4H3,(H2,15,16,18). The minimum absolute atomic E-state index is 0.234. The van der Waals surface area contributed by atoms with Crippen LogP contribution in [0.3, 0.4) is 0 Å². The molecule has 0 aliphatic carbocycles. The third-order valence-electron chi connectivity index (χ3n) is 2.78. The molecule has 0 radical (unpaired) electrons. The summed E-state index contributed by atoms with van der Waals surface area (Å²) in [5, 5.41) is 15.3. The molecule has 0 saturated heterocycles. The molecule has 5 heteroatoms. The van der Waals surface area contributed by atoms with Crippen LogP contribution in [0.4, 0.5) is 10.5 Å². The zero-order chi connectivity index (χ0) is 14.5. The molecule has 0 aliphatic heterocycles. The van der Waals surface area contributed by atoms with Crippen molar-refractivity contribution in [3.63, 3.8) is 0 Å². The molecule has 2 amide bonds. The van der Waals surface area contributed by atoms with Gasteiger partial charge in [-0.3, -0.25) is 0 Å². The second kappa shape index (κ2) is 6.82. The lowest BCUT2D eigenvalue weighted by molar-refractivity contribution is 0.0654. The second-order valence-electron chi connectivity index (χ2n) is 5.45. The number of hydrogen-bond acceptors (Lipinski definition) is 3. The van der Waals surface area contributed by atoms with Gasteiger partial charge >= 0.3 is 6.03 Å². The molecule has 3 N–H and O–H groups in total. The third-order valence-corrected chi connectivity index (χ3v) is 3.51. The molecule has 1 rings (SSSR count). The zero-order valence-electron chi connectivity index (χ0n) is 11.9. The van der Waals surface area contributed by atoms with Gasteiger partial charge in [0.05, 0.1) is 6.10 Å². The van der Waals surface area contributed by atoms with Crippen molar-refractivity contribution < 1.29 is 9.90 Å². The summed E-state index contributed by atoms with van der Waals surface area (Å²) in [6.45, 7) is 6.02. The van der Waals surface area contributed by atoms with Crippen LogP contribution in [0.5, 0.6) is 0 Å². The Morgan fingerprint density at radius 3 is 2.68 bits per heavy atom. The normalized spacial score (nSPS) is 12.9. The van der Waals surface area contributed by atoms with Gasteiger partial charge in [-0.1, -0.05) is 26.8 Å². The van der Waals surface area contributed by atoms with E-state index in [-0.39, 0.29) is 18.0 Å². The van der Waals surface area contributed by atoms with E-state index in [4.69, 9.17) is 0 Å². The fourth-order valence-corrected chi connectivity index (χ4v) is 1.83. The van der Waals surface area contributed by atoms with E-state index in [1.807, 2.05) is 51.3 Å². The molecule has 4 nitrogen and oxygen atoms in total. The first-order valence-corrected chi connectivity index (χ1v) is 7.42. The topological polar surface area (TPSA) is 61.4 Å². The number of rotatable bonds is 4. The van der Waals surface area contributed by atoms with Gasteiger partial charge in [0.25, 0.3) is 0 Å². The van der Waals surface area contributed by atoms with Crippen LogP contribution in [0, 0.1) is 5.41 Å². The maximum atomic E-state index is 11.7. The maximum Gasteiger partial charge on any atom is 0.319 e. The number of amides is 2. The quantitative estimate of drug-likeness (QED) is 0.744. The minimum Gasteiger partial charge on any atom is -0.391 e. The summed E-state index contributed by atoms with van der Waals surface area (Å²) in [7, 11) is 0. The molecule has 106 valence electrons. The molecule has 19 heavy (non-hydrogen) atoms. The zero-order valence-corrected chi connectivity index (χ0v) is 12.7. The number of anilines is 1. The number of benzene rings is 1. The van der Waals surface area contributed by atoms with Crippen LogP contribution in [-0.4, -0.2) is 30.0 Å². The monoisotopic (exact) mass is 282 g/mol. The minimum atomic E-state index is -0.573. The maximum absolute atomic E-state index is 11.7. The van der Waals surface area contributed by atoms with Crippen LogP contribution >= 0.6 is 11.8 Å². The van der Waals surface area contributed by atoms with Crippen molar-refractivity contribution in [3.05, 3.63) is 24.3 Å². The molecule has 1 unspecified atom stereocenters. The fraction of sp³-hybridized carbons (Fsp3) is 0.500. The Morgan fingerprint density at radius 1 is 1.42 bits per heavy atom. The lowest BCUT2D eigenvalue weighted by atomic mass is 9.89. The summed E-state index contributed by atoms with van der Waals surface area (Å²) in [5.74, 6) is 0. The van der Waals surface area contributed by atoms with Gasteiger partial charge in [-0.05, 0) is 29.9 Å². The van der Waals surface area contributed by atoms with E-state index in [9.17, 15) is 9.90 Å². The predicted molar refractivity (Wildman–Crippen MR) is 80.7 cm³/mol. The van der Waals surface area contributed by atoms with E-state index in [1.165, 1.54) is 0 Å². The molecule has 1 atom stereocenters. The lowest BCUT2D eigenvalue weighted by Gasteiger charge is -2.25. The highest BCUT2D eigenvalue weighted by atomic mass is 32.2. The third kappa shape index (κ3) is 5.53. The smallest absolute Gasteiger partial charge is 0.319 e. The Hall–Kier alpha value is -1.20. The van der Waals surface area contributed by atoms with Crippen LogP contribution in [0.15, 0.2) is 29.2 Å². The Bertz CT molecular complexity index is 430. The summed E-state index contributed by atoms with van der Waals surface area (Å²) in [6, 6.07) is 7.31. The Labute approximate surface area is 119 Å². The Balaban J connectivity index is 2.47. The molecule has 0 aliphatic rings. The number of aliphatic hydroxyl groups excluding tert-OH is 1. The van der Waals surface area contributed by atoms with Gasteiger partial charge < -0.3 is 15.7 Å². The Kier molecular flexibility index (Phi) is 5.69. The number of hydrogen-bond donors (Lipinski definition) is 3. The van der Waals surface area contributed by atoms with E-state index in [0.29, 0.717) is 0 Å². The summed E-state index contributed by atoms with van der Waals surface area (Å²) in [6.07, 6.45) is 1.41. The molecule has 0 aromatic heterocycles. The number of carbonyl (C=O) groups excluding carboxylic acids is 1. The summed E-state index contributed by atoms with van der Waals surface area (Å²) in [4.78, 5) is 12.8. The number of aliphatic hydroxyl groups is 1. The van der Waals surface area contributed by atoms with E-state index >= 15 is 0 Å². The summed E-state index contributed by atoms with van der Waals surface area (Å²) < 4.78 is 0. The molecular formula is C14H22N2O2S. The first-order chi connectivity index (χ1) is 8.82. The molecule has 1 aromatic carbocycles. The lowest BCUT2D eigenvalue weighted by Crippen LogP contribution is -2.40. The molecule has 1 aromatic rings. The van der Waals surface area contributed by atoms with Crippen molar-refractivity contribution in [2.75, 3.05) is 18.1 Å². The van der Waals surface area contributed by atoms with E-state index in [0.717, 1.165) is 10.6 Å². The van der Waals surface area contributed by atoms with Crippen LogP contribution in [0.1, 0.15) is 20.8 Å². The highest BCUT2D eigenvalue weighted by molar-refractivity contribution is 7.98. The number of thioether (sulfide) groups is 1. The van der Waals surface area contributed by atoms with E-state index in [2.05, 4.69) is 10.6 Å². The SMILES string of the molecule is CSc1cccc(NC(=O)NCC(O)C(C)(C)C)c1. The predicted octanol–water partition coefficient (Wildman–Crippen LogP) is 2.94. The van der Waals surface area contributed by atoms with Crippen molar-refractivity contribution in [3.8, 4) is 0 Å². The molecule has 0 saturated carbocycles.